The number of aryl methyl sites for hydroxylation is 4. The molecule has 0 saturated heterocycles. The molecule has 0 unspecified atom stereocenters. The SMILES string of the molecule is [2H]C([2H])([2H])c1c[n+](C)c(-c2ccc(C([2H])([2H])[2H])c(-c3ccccc3C([2H])([2H])[2H])c2C)cc1-c1ccccc1. The Hall–Kier alpha value is -3.19. The summed E-state index contributed by atoms with van der Waals surface area (Å²) in [5, 5.41) is 0. The fourth-order valence-electron chi connectivity index (χ4n) is 3.81. The highest BCUT2D eigenvalue weighted by molar-refractivity contribution is 5.81. The maximum absolute atomic E-state index is 8.17. The predicted octanol–water partition coefficient (Wildman–Crippen LogP) is 6.75. The van der Waals surface area contributed by atoms with Gasteiger partial charge in [-0.15, -0.1) is 0 Å². The van der Waals surface area contributed by atoms with Crippen molar-refractivity contribution >= 4 is 0 Å². The number of hydrogen-bond acceptors (Lipinski definition) is 0. The molecule has 0 amide bonds. The summed E-state index contributed by atoms with van der Waals surface area (Å²) in [5.41, 5.74) is 4.21. The smallest absolute Gasteiger partial charge is 0.201 e. The highest BCUT2D eigenvalue weighted by Gasteiger charge is 2.20. The summed E-state index contributed by atoms with van der Waals surface area (Å²) < 4.78 is 74.7. The zero-order chi connectivity index (χ0) is 28.0. The average Bonchev–Trinajstić information content (AvgIpc) is 2.83. The van der Waals surface area contributed by atoms with E-state index in [1.807, 2.05) is 30.3 Å². The minimum atomic E-state index is -2.48. The molecule has 1 aromatic heterocycles. The van der Waals surface area contributed by atoms with Gasteiger partial charge in [-0.3, -0.25) is 0 Å². The molecule has 0 fully saturated rings. The Morgan fingerprint density at radius 1 is 0.690 bits per heavy atom. The molecule has 1 nitrogen and oxygen atoms in total. The van der Waals surface area contributed by atoms with Crippen LogP contribution in [0.4, 0.5) is 0 Å². The van der Waals surface area contributed by atoms with E-state index in [0.717, 1.165) is 5.56 Å². The summed E-state index contributed by atoms with van der Waals surface area (Å²) in [4.78, 5) is 0. The van der Waals surface area contributed by atoms with Gasteiger partial charge in [0.05, 0.1) is 0 Å². The van der Waals surface area contributed by atoms with Crippen molar-refractivity contribution in [3.8, 4) is 33.5 Å². The highest BCUT2D eigenvalue weighted by Crippen LogP contribution is 2.36. The van der Waals surface area contributed by atoms with Crippen molar-refractivity contribution in [3.63, 3.8) is 0 Å². The first-order valence-corrected chi connectivity index (χ1v) is 9.44. The molecule has 0 bridgehead atoms. The van der Waals surface area contributed by atoms with Crippen molar-refractivity contribution in [3.05, 3.63) is 101 Å². The van der Waals surface area contributed by atoms with Gasteiger partial charge < -0.3 is 0 Å². The molecule has 0 radical (unpaired) electrons. The lowest BCUT2D eigenvalue weighted by molar-refractivity contribution is -0.660. The lowest BCUT2D eigenvalue weighted by atomic mass is 9.88. The number of nitrogens with zero attached hydrogens (tertiary/aromatic N) is 1. The minimum absolute atomic E-state index is 0.0560. The first-order valence-electron chi connectivity index (χ1n) is 13.9. The summed E-state index contributed by atoms with van der Waals surface area (Å²) in [7, 11) is 1.74. The molecule has 4 rings (SSSR count). The normalized spacial score (nSPS) is 16.8. The quantitative estimate of drug-likeness (QED) is 0.342. The van der Waals surface area contributed by atoms with Gasteiger partial charge in [0.15, 0.2) is 6.20 Å². The van der Waals surface area contributed by atoms with Gasteiger partial charge in [-0.05, 0) is 72.5 Å². The second-order valence-corrected chi connectivity index (χ2v) is 7.17. The fourth-order valence-corrected chi connectivity index (χ4v) is 3.81. The van der Waals surface area contributed by atoms with Gasteiger partial charge >= 0.3 is 0 Å². The van der Waals surface area contributed by atoms with E-state index in [1.54, 1.807) is 55.1 Å². The van der Waals surface area contributed by atoms with Gasteiger partial charge in [0.25, 0.3) is 0 Å². The van der Waals surface area contributed by atoms with E-state index in [0.29, 0.717) is 33.5 Å². The number of benzene rings is 3. The largest absolute Gasteiger partial charge is 0.213 e. The number of aromatic nitrogens is 1. The standard InChI is InChI=1S/C28H28N/c1-19-11-9-10-14-24(19)28-20(2)15-16-25(22(28)4)27-17-26(21(3)18-29(27)5)23-12-7-6-8-13-23/h6-18H,1-5H3/q+1/i1D3,2D3,3D3. The lowest BCUT2D eigenvalue weighted by Gasteiger charge is -2.16. The molecular weight excluding hydrogens is 350 g/mol. The monoisotopic (exact) mass is 387 g/mol. The van der Waals surface area contributed by atoms with Crippen LogP contribution < -0.4 is 4.57 Å². The molecular formula is C28H28N+. The van der Waals surface area contributed by atoms with Crippen molar-refractivity contribution in [2.75, 3.05) is 0 Å². The molecule has 29 heavy (non-hydrogen) atoms. The van der Waals surface area contributed by atoms with E-state index in [2.05, 4.69) is 0 Å². The van der Waals surface area contributed by atoms with Crippen molar-refractivity contribution in [2.45, 2.75) is 27.5 Å². The van der Waals surface area contributed by atoms with Crippen LogP contribution in [-0.4, -0.2) is 0 Å². The van der Waals surface area contributed by atoms with Crippen LogP contribution in [0.2, 0.25) is 0 Å². The molecule has 0 aliphatic heterocycles. The second kappa shape index (κ2) is 7.67. The molecule has 144 valence electrons. The van der Waals surface area contributed by atoms with E-state index in [9.17, 15) is 0 Å². The molecule has 0 atom stereocenters. The first kappa shape index (κ1) is 11.1. The Kier molecular flexibility index (Phi) is 2.94. The van der Waals surface area contributed by atoms with E-state index >= 15 is 0 Å². The van der Waals surface area contributed by atoms with E-state index in [-0.39, 0.29) is 16.7 Å². The van der Waals surface area contributed by atoms with Crippen LogP contribution in [0.5, 0.6) is 0 Å². The molecule has 0 N–H and O–H groups in total. The maximum atomic E-state index is 8.17. The van der Waals surface area contributed by atoms with E-state index < -0.39 is 20.6 Å². The van der Waals surface area contributed by atoms with Gasteiger partial charge in [0.1, 0.15) is 7.05 Å². The average molecular weight is 388 g/mol. The van der Waals surface area contributed by atoms with Gasteiger partial charge in [-0.2, -0.15) is 0 Å². The molecule has 1 heterocycles. The molecule has 0 aliphatic rings. The highest BCUT2D eigenvalue weighted by atomic mass is 14.9. The van der Waals surface area contributed by atoms with Crippen LogP contribution >= 0.6 is 0 Å². The van der Waals surface area contributed by atoms with Crippen LogP contribution in [-0.2, 0) is 7.05 Å². The Morgan fingerprint density at radius 3 is 2.17 bits per heavy atom. The van der Waals surface area contributed by atoms with Crippen LogP contribution in [0.1, 0.15) is 34.6 Å². The van der Waals surface area contributed by atoms with Crippen molar-refractivity contribution in [2.24, 2.45) is 7.05 Å². The van der Waals surface area contributed by atoms with Crippen molar-refractivity contribution < 1.29 is 16.9 Å². The van der Waals surface area contributed by atoms with E-state index in [4.69, 9.17) is 12.3 Å². The van der Waals surface area contributed by atoms with E-state index in [1.165, 1.54) is 12.1 Å². The molecule has 3 aromatic carbocycles. The second-order valence-electron chi connectivity index (χ2n) is 7.17. The Bertz CT molecular complexity index is 1480. The van der Waals surface area contributed by atoms with Crippen LogP contribution in [0, 0.1) is 27.5 Å². The molecule has 0 aliphatic carbocycles. The lowest BCUT2D eigenvalue weighted by Crippen LogP contribution is -2.31. The molecule has 1 heteroatoms. The predicted molar refractivity (Wildman–Crippen MR) is 123 cm³/mol. The van der Waals surface area contributed by atoms with Crippen LogP contribution in [0.15, 0.2) is 79.0 Å². The first-order chi connectivity index (χ1) is 17.6. The topological polar surface area (TPSA) is 3.88 Å². The van der Waals surface area contributed by atoms with Gasteiger partial charge in [0, 0.05) is 29.5 Å². The van der Waals surface area contributed by atoms with Gasteiger partial charge in [0.2, 0.25) is 5.69 Å². The molecule has 0 saturated carbocycles. The number of hydrogen-bond donors (Lipinski definition) is 0. The van der Waals surface area contributed by atoms with Crippen LogP contribution in [0.25, 0.3) is 33.5 Å². The third-order valence-electron chi connectivity index (χ3n) is 5.30. The van der Waals surface area contributed by atoms with Gasteiger partial charge in [-0.1, -0.05) is 60.7 Å². The summed E-state index contributed by atoms with van der Waals surface area (Å²) in [6.45, 7) is -5.51. The van der Waals surface area contributed by atoms with Crippen molar-refractivity contribution in [1.82, 2.24) is 0 Å². The zero-order valence-electron chi connectivity index (χ0n) is 25.5. The van der Waals surface area contributed by atoms with Crippen molar-refractivity contribution in [1.29, 1.82) is 0 Å². The molecule has 4 aromatic rings. The Labute approximate surface area is 187 Å². The third kappa shape index (κ3) is 3.49. The number of pyridine rings is 1. The number of rotatable bonds is 3. The summed E-state index contributed by atoms with van der Waals surface area (Å²) >= 11 is 0. The molecule has 0 spiro atoms. The maximum Gasteiger partial charge on any atom is 0.213 e. The fraction of sp³-hybridized carbons (Fsp3) is 0.179. The Balaban J connectivity index is 2.08. The Morgan fingerprint density at radius 2 is 1.41 bits per heavy atom. The van der Waals surface area contributed by atoms with Crippen LogP contribution in [0.3, 0.4) is 0 Å². The summed E-state index contributed by atoms with van der Waals surface area (Å²) in [5.74, 6) is 0. The summed E-state index contributed by atoms with van der Waals surface area (Å²) in [6.07, 6.45) is 1.58. The summed E-state index contributed by atoms with van der Waals surface area (Å²) in [6, 6.07) is 20.7. The van der Waals surface area contributed by atoms with Gasteiger partial charge in [-0.25, -0.2) is 4.57 Å². The third-order valence-corrected chi connectivity index (χ3v) is 5.30. The zero-order valence-corrected chi connectivity index (χ0v) is 16.5. The minimum Gasteiger partial charge on any atom is -0.201 e.